The van der Waals surface area contributed by atoms with Crippen molar-refractivity contribution >= 4 is 21.8 Å². The van der Waals surface area contributed by atoms with Crippen LogP contribution in [-0.4, -0.2) is 39.9 Å². The Morgan fingerprint density at radius 2 is 2.29 bits per heavy atom. The summed E-state index contributed by atoms with van der Waals surface area (Å²) in [5, 5.41) is 10.2. The molecule has 0 aliphatic carbocycles. The summed E-state index contributed by atoms with van der Waals surface area (Å²) in [5.74, 6) is 0.332. The summed E-state index contributed by atoms with van der Waals surface area (Å²) in [5.41, 5.74) is -0.675. The minimum atomic E-state index is -0.675. The summed E-state index contributed by atoms with van der Waals surface area (Å²) in [7, 11) is 0. The van der Waals surface area contributed by atoms with Gasteiger partial charge in [-0.25, -0.2) is 0 Å². The van der Waals surface area contributed by atoms with E-state index >= 15 is 0 Å². The molecule has 0 spiro atoms. The van der Waals surface area contributed by atoms with Crippen molar-refractivity contribution in [1.29, 1.82) is 0 Å². The van der Waals surface area contributed by atoms with E-state index in [1.54, 1.807) is 0 Å². The fourth-order valence-corrected chi connectivity index (χ4v) is 2.22. The molecule has 1 amide bonds. The van der Waals surface area contributed by atoms with Gasteiger partial charge in [-0.3, -0.25) is 4.79 Å². The molecule has 1 fully saturated rings. The number of halogens is 1. The maximum Gasteiger partial charge on any atom is 0.233 e. The SMILES string of the molecule is CC(C)(O)C1CCCN(C(=O)CBr)C1. The number of aliphatic hydroxyl groups is 1. The van der Waals surface area contributed by atoms with Crippen molar-refractivity contribution in [3.8, 4) is 0 Å². The Hall–Kier alpha value is -0.0900. The summed E-state index contributed by atoms with van der Waals surface area (Å²) in [6, 6.07) is 0. The third-order valence-corrected chi connectivity index (χ3v) is 3.37. The molecule has 0 radical (unpaired) electrons. The molecule has 3 nitrogen and oxygen atoms in total. The summed E-state index contributed by atoms with van der Waals surface area (Å²) in [4.78, 5) is 13.3. The van der Waals surface area contributed by atoms with Crippen LogP contribution in [0.4, 0.5) is 0 Å². The van der Waals surface area contributed by atoms with Crippen molar-refractivity contribution in [2.45, 2.75) is 32.3 Å². The van der Waals surface area contributed by atoms with Crippen LogP contribution < -0.4 is 0 Å². The van der Waals surface area contributed by atoms with Gasteiger partial charge in [0.25, 0.3) is 0 Å². The Morgan fingerprint density at radius 1 is 1.64 bits per heavy atom. The van der Waals surface area contributed by atoms with Gasteiger partial charge >= 0.3 is 0 Å². The number of carbonyl (C=O) groups is 1. The third kappa shape index (κ3) is 2.95. The molecular formula is C10H18BrNO2. The van der Waals surface area contributed by atoms with Crippen molar-refractivity contribution in [3.63, 3.8) is 0 Å². The molecule has 1 heterocycles. The molecule has 14 heavy (non-hydrogen) atoms. The molecular weight excluding hydrogens is 246 g/mol. The first-order valence-electron chi connectivity index (χ1n) is 5.01. The lowest BCUT2D eigenvalue weighted by Crippen LogP contribution is -2.47. The van der Waals surface area contributed by atoms with Gasteiger partial charge in [-0.1, -0.05) is 15.9 Å². The molecule has 1 unspecified atom stereocenters. The molecule has 1 aliphatic rings. The van der Waals surface area contributed by atoms with Crippen LogP contribution in [0.2, 0.25) is 0 Å². The van der Waals surface area contributed by atoms with Crippen LogP contribution in [0, 0.1) is 5.92 Å². The number of amides is 1. The molecule has 0 aromatic heterocycles. The normalized spacial score (nSPS) is 23.7. The average Bonchev–Trinajstić information content (AvgIpc) is 2.15. The molecule has 1 saturated heterocycles. The highest BCUT2D eigenvalue weighted by molar-refractivity contribution is 9.09. The predicted octanol–water partition coefficient (Wildman–Crippen LogP) is 1.39. The molecule has 1 atom stereocenters. The lowest BCUT2D eigenvalue weighted by molar-refractivity contribution is -0.132. The zero-order chi connectivity index (χ0) is 10.8. The van der Waals surface area contributed by atoms with E-state index in [9.17, 15) is 9.90 Å². The Morgan fingerprint density at radius 3 is 2.79 bits per heavy atom. The monoisotopic (exact) mass is 263 g/mol. The number of alkyl halides is 1. The Kier molecular flexibility index (Phi) is 3.95. The van der Waals surface area contributed by atoms with Gasteiger partial charge in [-0.05, 0) is 26.7 Å². The van der Waals surface area contributed by atoms with Crippen LogP contribution in [-0.2, 0) is 4.79 Å². The third-order valence-electron chi connectivity index (χ3n) is 2.89. The zero-order valence-electron chi connectivity index (χ0n) is 8.79. The molecule has 0 aromatic carbocycles. The fraction of sp³-hybridized carbons (Fsp3) is 0.900. The highest BCUT2D eigenvalue weighted by Crippen LogP contribution is 2.26. The molecule has 0 saturated carbocycles. The molecule has 4 heteroatoms. The first-order valence-corrected chi connectivity index (χ1v) is 6.13. The molecule has 1 rings (SSSR count). The van der Waals surface area contributed by atoms with Gasteiger partial charge in [0.2, 0.25) is 5.91 Å². The number of rotatable bonds is 2. The predicted molar refractivity (Wildman–Crippen MR) is 59.4 cm³/mol. The van der Waals surface area contributed by atoms with E-state index in [1.807, 2.05) is 18.7 Å². The topological polar surface area (TPSA) is 40.5 Å². The van der Waals surface area contributed by atoms with Gasteiger partial charge in [0.05, 0.1) is 10.9 Å². The van der Waals surface area contributed by atoms with E-state index in [0.29, 0.717) is 11.9 Å². The number of likely N-dealkylation sites (tertiary alicyclic amines) is 1. The Bertz CT molecular complexity index is 213. The minimum Gasteiger partial charge on any atom is -0.390 e. The van der Waals surface area contributed by atoms with Crippen LogP contribution in [0.5, 0.6) is 0 Å². The van der Waals surface area contributed by atoms with E-state index < -0.39 is 5.60 Å². The lowest BCUT2D eigenvalue weighted by atomic mass is 9.84. The highest BCUT2D eigenvalue weighted by Gasteiger charge is 2.32. The largest absolute Gasteiger partial charge is 0.390 e. The van der Waals surface area contributed by atoms with Crippen LogP contribution in [0.25, 0.3) is 0 Å². The second kappa shape index (κ2) is 4.62. The molecule has 0 bridgehead atoms. The van der Waals surface area contributed by atoms with Crippen molar-refractivity contribution in [1.82, 2.24) is 4.90 Å². The molecule has 0 aromatic rings. The van der Waals surface area contributed by atoms with Crippen LogP contribution >= 0.6 is 15.9 Å². The van der Waals surface area contributed by atoms with Crippen LogP contribution in [0.1, 0.15) is 26.7 Å². The second-order valence-electron chi connectivity index (χ2n) is 4.47. The van der Waals surface area contributed by atoms with Gasteiger partial charge in [-0.2, -0.15) is 0 Å². The molecule has 82 valence electrons. The summed E-state index contributed by atoms with van der Waals surface area (Å²) < 4.78 is 0. The van der Waals surface area contributed by atoms with Crippen molar-refractivity contribution in [2.75, 3.05) is 18.4 Å². The minimum absolute atomic E-state index is 0.124. The van der Waals surface area contributed by atoms with Gasteiger partial charge < -0.3 is 10.0 Å². The smallest absolute Gasteiger partial charge is 0.233 e. The van der Waals surface area contributed by atoms with E-state index in [-0.39, 0.29) is 11.8 Å². The highest BCUT2D eigenvalue weighted by atomic mass is 79.9. The fourth-order valence-electron chi connectivity index (χ4n) is 1.86. The lowest BCUT2D eigenvalue weighted by Gasteiger charge is -2.38. The number of piperidine rings is 1. The van der Waals surface area contributed by atoms with E-state index in [0.717, 1.165) is 19.4 Å². The molecule has 1 N–H and O–H groups in total. The zero-order valence-corrected chi connectivity index (χ0v) is 10.4. The first kappa shape index (κ1) is 12.0. The van der Waals surface area contributed by atoms with Crippen molar-refractivity contribution < 1.29 is 9.90 Å². The number of carbonyl (C=O) groups excluding carboxylic acids is 1. The van der Waals surface area contributed by atoms with Gasteiger partial charge in [0, 0.05) is 19.0 Å². The molecule has 1 aliphatic heterocycles. The second-order valence-corrected chi connectivity index (χ2v) is 5.03. The Balaban J connectivity index is 2.56. The standard InChI is InChI=1S/C10H18BrNO2/c1-10(2,14)8-4-3-5-12(7-8)9(13)6-11/h8,14H,3-7H2,1-2H3. The average molecular weight is 264 g/mol. The maximum absolute atomic E-state index is 11.4. The van der Waals surface area contributed by atoms with Gasteiger partial charge in [-0.15, -0.1) is 0 Å². The quantitative estimate of drug-likeness (QED) is 0.766. The summed E-state index contributed by atoms with van der Waals surface area (Å²) in [6.45, 7) is 5.16. The Labute approximate surface area is 93.6 Å². The van der Waals surface area contributed by atoms with E-state index in [1.165, 1.54) is 0 Å². The van der Waals surface area contributed by atoms with E-state index in [4.69, 9.17) is 0 Å². The van der Waals surface area contributed by atoms with Gasteiger partial charge in [0.15, 0.2) is 0 Å². The number of hydrogen-bond donors (Lipinski definition) is 1. The summed E-state index contributed by atoms with van der Waals surface area (Å²) in [6.07, 6.45) is 2.00. The van der Waals surface area contributed by atoms with Gasteiger partial charge in [0.1, 0.15) is 0 Å². The first-order chi connectivity index (χ1) is 6.45. The van der Waals surface area contributed by atoms with Crippen molar-refractivity contribution in [2.24, 2.45) is 5.92 Å². The van der Waals surface area contributed by atoms with Crippen LogP contribution in [0.3, 0.4) is 0 Å². The van der Waals surface area contributed by atoms with E-state index in [2.05, 4.69) is 15.9 Å². The number of nitrogens with zero attached hydrogens (tertiary/aromatic N) is 1. The maximum atomic E-state index is 11.4. The van der Waals surface area contributed by atoms with Crippen molar-refractivity contribution in [3.05, 3.63) is 0 Å². The summed E-state index contributed by atoms with van der Waals surface area (Å²) >= 11 is 3.17. The van der Waals surface area contributed by atoms with Crippen LogP contribution in [0.15, 0.2) is 0 Å². The number of hydrogen-bond acceptors (Lipinski definition) is 2.